The third kappa shape index (κ3) is 2.33. The average molecular weight is 281 g/mol. The SMILES string of the molecule is CC(C)n1ncc(Cl)c1C(=O)CC1CC2CCC1C2. The Labute approximate surface area is 119 Å². The topological polar surface area (TPSA) is 34.9 Å². The number of nitrogens with zero attached hydrogens (tertiary/aromatic N) is 2. The molecule has 0 amide bonds. The molecule has 1 aromatic rings. The highest BCUT2D eigenvalue weighted by atomic mass is 35.5. The molecule has 3 nitrogen and oxygen atoms in total. The fourth-order valence-corrected chi connectivity index (χ4v) is 4.19. The van der Waals surface area contributed by atoms with E-state index in [1.165, 1.54) is 25.7 Å². The van der Waals surface area contributed by atoms with Crippen LogP contribution in [0.25, 0.3) is 0 Å². The number of hydrogen-bond acceptors (Lipinski definition) is 2. The lowest BCUT2D eigenvalue weighted by Crippen LogP contribution is -2.19. The van der Waals surface area contributed by atoms with Crippen molar-refractivity contribution in [3.63, 3.8) is 0 Å². The van der Waals surface area contributed by atoms with Gasteiger partial charge in [0.05, 0.1) is 11.2 Å². The van der Waals surface area contributed by atoms with Crippen LogP contribution in [0.15, 0.2) is 6.20 Å². The highest BCUT2D eigenvalue weighted by Crippen LogP contribution is 2.49. The van der Waals surface area contributed by atoms with Gasteiger partial charge in [0.1, 0.15) is 5.69 Å². The maximum Gasteiger partial charge on any atom is 0.182 e. The zero-order valence-corrected chi connectivity index (χ0v) is 12.4. The van der Waals surface area contributed by atoms with Gasteiger partial charge in [-0.2, -0.15) is 5.10 Å². The smallest absolute Gasteiger partial charge is 0.182 e. The van der Waals surface area contributed by atoms with Crippen molar-refractivity contribution in [3.8, 4) is 0 Å². The van der Waals surface area contributed by atoms with Crippen LogP contribution in [0.3, 0.4) is 0 Å². The zero-order valence-electron chi connectivity index (χ0n) is 11.6. The van der Waals surface area contributed by atoms with Gasteiger partial charge in [-0.3, -0.25) is 9.48 Å². The van der Waals surface area contributed by atoms with Gasteiger partial charge in [-0.1, -0.05) is 18.0 Å². The average Bonchev–Trinajstić information content (AvgIpc) is 3.02. The Bertz CT molecular complexity index is 494. The molecule has 3 unspecified atom stereocenters. The molecule has 1 heterocycles. The van der Waals surface area contributed by atoms with E-state index in [0.717, 1.165) is 11.8 Å². The molecular weight excluding hydrogens is 260 g/mol. The molecule has 3 atom stereocenters. The Morgan fingerprint density at radius 1 is 1.47 bits per heavy atom. The molecule has 2 aliphatic carbocycles. The molecule has 2 bridgehead atoms. The zero-order chi connectivity index (χ0) is 13.6. The molecular formula is C15H21ClN2O. The number of carbonyl (C=O) groups excluding carboxylic acids is 1. The predicted molar refractivity (Wildman–Crippen MR) is 75.5 cm³/mol. The molecule has 2 aliphatic rings. The van der Waals surface area contributed by atoms with Crippen molar-refractivity contribution in [2.45, 2.75) is 52.0 Å². The fourth-order valence-electron chi connectivity index (χ4n) is 3.95. The molecule has 0 spiro atoms. The Kier molecular flexibility index (Phi) is 3.42. The van der Waals surface area contributed by atoms with Gasteiger partial charge >= 0.3 is 0 Å². The Balaban J connectivity index is 1.75. The van der Waals surface area contributed by atoms with E-state index in [-0.39, 0.29) is 11.8 Å². The number of hydrogen-bond donors (Lipinski definition) is 0. The molecule has 0 saturated heterocycles. The summed E-state index contributed by atoms with van der Waals surface area (Å²) in [5.41, 5.74) is 0.611. The summed E-state index contributed by atoms with van der Waals surface area (Å²) in [6, 6.07) is 0.173. The van der Waals surface area contributed by atoms with Crippen LogP contribution < -0.4 is 0 Å². The third-order valence-electron chi connectivity index (χ3n) is 4.84. The minimum absolute atomic E-state index is 0.173. The van der Waals surface area contributed by atoms with Crippen molar-refractivity contribution >= 4 is 17.4 Å². The molecule has 2 saturated carbocycles. The number of ketones is 1. The first-order chi connectivity index (χ1) is 9.06. The van der Waals surface area contributed by atoms with E-state index < -0.39 is 0 Å². The normalized spacial score (nSPS) is 29.4. The molecule has 0 aromatic carbocycles. The van der Waals surface area contributed by atoms with Gasteiger partial charge in [0, 0.05) is 12.5 Å². The minimum Gasteiger partial charge on any atom is -0.292 e. The van der Waals surface area contributed by atoms with E-state index in [2.05, 4.69) is 5.10 Å². The van der Waals surface area contributed by atoms with Crippen LogP contribution in [0.1, 0.15) is 62.5 Å². The summed E-state index contributed by atoms with van der Waals surface area (Å²) in [6.45, 7) is 4.05. The number of Topliss-reactive ketones (excluding diaryl/α,β-unsaturated/α-hetero) is 1. The van der Waals surface area contributed by atoms with Crippen molar-refractivity contribution in [2.24, 2.45) is 17.8 Å². The standard InChI is InChI=1S/C15H21ClN2O/c1-9(2)18-15(13(16)8-17-18)14(19)7-12-6-10-3-4-11(12)5-10/h8-12H,3-7H2,1-2H3. The number of rotatable bonds is 4. The molecule has 2 fully saturated rings. The second-order valence-corrected chi connectivity index (χ2v) is 6.85. The summed E-state index contributed by atoms with van der Waals surface area (Å²) in [5.74, 6) is 2.42. The van der Waals surface area contributed by atoms with Crippen LogP contribution in [0.4, 0.5) is 0 Å². The number of halogens is 1. The van der Waals surface area contributed by atoms with Crippen LogP contribution in [0.5, 0.6) is 0 Å². The van der Waals surface area contributed by atoms with E-state index in [1.807, 2.05) is 13.8 Å². The van der Waals surface area contributed by atoms with Crippen molar-refractivity contribution in [3.05, 3.63) is 16.9 Å². The molecule has 4 heteroatoms. The molecule has 0 N–H and O–H groups in total. The number of carbonyl (C=O) groups is 1. The van der Waals surface area contributed by atoms with Crippen LogP contribution in [-0.4, -0.2) is 15.6 Å². The summed E-state index contributed by atoms with van der Waals surface area (Å²) < 4.78 is 1.76. The van der Waals surface area contributed by atoms with Gasteiger partial charge in [-0.05, 0) is 50.9 Å². The van der Waals surface area contributed by atoms with Gasteiger partial charge in [-0.15, -0.1) is 0 Å². The molecule has 0 radical (unpaired) electrons. The molecule has 3 rings (SSSR count). The van der Waals surface area contributed by atoms with Gasteiger partial charge in [0.15, 0.2) is 5.78 Å². The van der Waals surface area contributed by atoms with Crippen LogP contribution in [0, 0.1) is 17.8 Å². The van der Waals surface area contributed by atoms with E-state index >= 15 is 0 Å². The first-order valence-electron chi connectivity index (χ1n) is 7.32. The first-order valence-corrected chi connectivity index (χ1v) is 7.70. The van der Waals surface area contributed by atoms with Gasteiger partial charge < -0.3 is 0 Å². The maximum absolute atomic E-state index is 12.5. The van der Waals surface area contributed by atoms with E-state index in [0.29, 0.717) is 23.1 Å². The van der Waals surface area contributed by atoms with Gasteiger partial charge in [0.2, 0.25) is 0 Å². The lowest BCUT2D eigenvalue weighted by Gasteiger charge is -2.21. The van der Waals surface area contributed by atoms with Crippen molar-refractivity contribution < 1.29 is 4.79 Å². The van der Waals surface area contributed by atoms with Crippen LogP contribution in [-0.2, 0) is 0 Å². The van der Waals surface area contributed by atoms with E-state index in [4.69, 9.17) is 11.6 Å². The quantitative estimate of drug-likeness (QED) is 0.778. The van der Waals surface area contributed by atoms with Crippen molar-refractivity contribution in [1.82, 2.24) is 9.78 Å². The number of fused-ring (bicyclic) bond motifs is 2. The fraction of sp³-hybridized carbons (Fsp3) is 0.733. The maximum atomic E-state index is 12.5. The number of aromatic nitrogens is 2. The monoisotopic (exact) mass is 280 g/mol. The van der Waals surface area contributed by atoms with Crippen molar-refractivity contribution in [2.75, 3.05) is 0 Å². The lowest BCUT2D eigenvalue weighted by molar-refractivity contribution is 0.0932. The summed E-state index contributed by atoms with van der Waals surface area (Å²) in [5, 5.41) is 4.72. The summed E-state index contributed by atoms with van der Waals surface area (Å²) in [4.78, 5) is 12.5. The molecule has 1 aromatic heterocycles. The largest absolute Gasteiger partial charge is 0.292 e. The highest BCUT2D eigenvalue weighted by molar-refractivity contribution is 6.33. The molecule has 19 heavy (non-hydrogen) atoms. The molecule has 104 valence electrons. The van der Waals surface area contributed by atoms with Gasteiger partial charge in [-0.25, -0.2) is 0 Å². The van der Waals surface area contributed by atoms with E-state index in [1.54, 1.807) is 10.9 Å². The van der Waals surface area contributed by atoms with Gasteiger partial charge in [0.25, 0.3) is 0 Å². The van der Waals surface area contributed by atoms with Crippen molar-refractivity contribution in [1.29, 1.82) is 0 Å². The third-order valence-corrected chi connectivity index (χ3v) is 5.11. The Morgan fingerprint density at radius 2 is 2.26 bits per heavy atom. The van der Waals surface area contributed by atoms with Crippen LogP contribution >= 0.6 is 11.6 Å². The summed E-state index contributed by atoms with van der Waals surface area (Å²) in [6.07, 6.45) is 7.52. The second-order valence-electron chi connectivity index (χ2n) is 6.44. The Hall–Kier alpha value is -0.830. The predicted octanol–water partition coefficient (Wildman–Crippen LogP) is 4.13. The minimum atomic E-state index is 0.173. The first kappa shape index (κ1) is 13.2. The summed E-state index contributed by atoms with van der Waals surface area (Å²) >= 11 is 6.14. The molecule has 0 aliphatic heterocycles. The van der Waals surface area contributed by atoms with Crippen LogP contribution in [0.2, 0.25) is 5.02 Å². The summed E-state index contributed by atoms with van der Waals surface area (Å²) in [7, 11) is 0. The highest BCUT2D eigenvalue weighted by Gasteiger charge is 2.40. The Morgan fingerprint density at radius 3 is 2.84 bits per heavy atom. The second kappa shape index (κ2) is 4.93. The lowest BCUT2D eigenvalue weighted by atomic mass is 9.85. The van der Waals surface area contributed by atoms with E-state index in [9.17, 15) is 4.79 Å².